The van der Waals surface area contributed by atoms with Crippen molar-refractivity contribution in [1.82, 2.24) is 5.32 Å². The van der Waals surface area contributed by atoms with Crippen LogP contribution in [0.2, 0.25) is 0 Å². The molecule has 5 heteroatoms. The molecule has 26 heavy (non-hydrogen) atoms. The van der Waals surface area contributed by atoms with E-state index < -0.39 is 0 Å². The number of halogens is 1. The highest BCUT2D eigenvalue weighted by molar-refractivity contribution is 5.78. The predicted octanol–water partition coefficient (Wildman–Crippen LogP) is 4.40. The van der Waals surface area contributed by atoms with E-state index in [1.165, 1.54) is 24.3 Å². The number of amides is 1. The lowest BCUT2D eigenvalue weighted by Gasteiger charge is -2.41. The number of hydrogen-bond acceptors (Lipinski definition) is 3. The maximum Gasteiger partial charge on any atom is 0.258 e. The van der Waals surface area contributed by atoms with Crippen LogP contribution < -0.4 is 14.8 Å². The van der Waals surface area contributed by atoms with Gasteiger partial charge in [-0.1, -0.05) is 32.0 Å². The van der Waals surface area contributed by atoms with Gasteiger partial charge in [-0.2, -0.15) is 0 Å². The molecule has 1 atom stereocenters. The fourth-order valence-electron chi connectivity index (χ4n) is 3.35. The van der Waals surface area contributed by atoms with Crippen LogP contribution >= 0.6 is 0 Å². The van der Waals surface area contributed by atoms with Gasteiger partial charge in [-0.05, 0) is 43.2 Å². The van der Waals surface area contributed by atoms with Gasteiger partial charge in [0.25, 0.3) is 5.91 Å². The molecule has 3 rings (SSSR count). The lowest BCUT2D eigenvalue weighted by Crippen LogP contribution is -2.45. The molecular formula is C21H24FNO3. The lowest BCUT2D eigenvalue weighted by molar-refractivity contribution is -0.124. The summed E-state index contributed by atoms with van der Waals surface area (Å²) in [5, 5.41) is 3.06. The molecule has 0 spiro atoms. The standard InChI is InChI=1S/C21H24FNO3/c1-3-21(4-2)13-18(17-7-5-6-8-19(17)26-21)23-20(24)14-25-16-11-9-15(22)10-12-16/h5-12,18H,3-4,13-14H2,1-2H3,(H,23,24)/t18-/m1/s1. The Kier molecular flexibility index (Phi) is 5.45. The van der Waals surface area contributed by atoms with Crippen molar-refractivity contribution in [3.63, 3.8) is 0 Å². The van der Waals surface area contributed by atoms with Crippen LogP contribution in [0.25, 0.3) is 0 Å². The van der Waals surface area contributed by atoms with Gasteiger partial charge < -0.3 is 14.8 Å². The van der Waals surface area contributed by atoms with E-state index in [2.05, 4.69) is 19.2 Å². The molecule has 2 aromatic carbocycles. The van der Waals surface area contributed by atoms with Crippen LogP contribution in [0.5, 0.6) is 11.5 Å². The van der Waals surface area contributed by atoms with Crippen LogP contribution in [0, 0.1) is 5.82 Å². The Morgan fingerprint density at radius 2 is 1.88 bits per heavy atom. The Morgan fingerprint density at radius 3 is 2.58 bits per heavy atom. The van der Waals surface area contributed by atoms with Gasteiger partial charge in [-0.15, -0.1) is 0 Å². The van der Waals surface area contributed by atoms with Crippen molar-refractivity contribution in [3.8, 4) is 11.5 Å². The first-order valence-electron chi connectivity index (χ1n) is 9.01. The van der Waals surface area contributed by atoms with Crippen molar-refractivity contribution in [1.29, 1.82) is 0 Å². The SMILES string of the molecule is CCC1(CC)C[C@@H](NC(=O)COc2ccc(F)cc2)c2ccccc2O1. The number of nitrogens with one attached hydrogen (secondary N) is 1. The minimum Gasteiger partial charge on any atom is -0.487 e. The molecule has 0 radical (unpaired) electrons. The number of carbonyl (C=O) groups is 1. The first-order valence-corrected chi connectivity index (χ1v) is 9.01. The number of ether oxygens (including phenoxy) is 2. The fraction of sp³-hybridized carbons (Fsp3) is 0.381. The quantitative estimate of drug-likeness (QED) is 0.833. The number of fused-ring (bicyclic) bond motifs is 1. The zero-order valence-electron chi connectivity index (χ0n) is 15.1. The van der Waals surface area contributed by atoms with Gasteiger partial charge in [0.2, 0.25) is 0 Å². The second-order valence-corrected chi connectivity index (χ2v) is 6.60. The normalized spacial score (nSPS) is 17.7. The number of carbonyl (C=O) groups excluding carboxylic acids is 1. The van der Waals surface area contributed by atoms with Crippen molar-refractivity contribution >= 4 is 5.91 Å². The van der Waals surface area contributed by atoms with E-state index >= 15 is 0 Å². The monoisotopic (exact) mass is 357 g/mol. The second kappa shape index (κ2) is 7.77. The van der Waals surface area contributed by atoms with E-state index in [9.17, 15) is 9.18 Å². The Hall–Kier alpha value is -2.56. The van der Waals surface area contributed by atoms with E-state index in [0.717, 1.165) is 30.6 Å². The van der Waals surface area contributed by atoms with Gasteiger partial charge in [-0.3, -0.25) is 4.79 Å². The second-order valence-electron chi connectivity index (χ2n) is 6.60. The van der Waals surface area contributed by atoms with Crippen LogP contribution in [0.15, 0.2) is 48.5 Å². The van der Waals surface area contributed by atoms with E-state index in [-0.39, 0.29) is 30.0 Å². The van der Waals surface area contributed by atoms with Crippen LogP contribution in [-0.2, 0) is 4.79 Å². The van der Waals surface area contributed by atoms with Crippen LogP contribution in [0.1, 0.15) is 44.7 Å². The number of rotatable bonds is 6. The molecule has 2 aromatic rings. The first-order chi connectivity index (χ1) is 12.5. The predicted molar refractivity (Wildman–Crippen MR) is 97.8 cm³/mol. The molecule has 0 saturated heterocycles. The van der Waals surface area contributed by atoms with Crippen molar-refractivity contribution < 1.29 is 18.7 Å². The van der Waals surface area contributed by atoms with Crippen molar-refractivity contribution in [2.24, 2.45) is 0 Å². The maximum atomic E-state index is 12.9. The topological polar surface area (TPSA) is 47.6 Å². The summed E-state index contributed by atoms with van der Waals surface area (Å²) >= 11 is 0. The maximum absolute atomic E-state index is 12.9. The Morgan fingerprint density at radius 1 is 1.19 bits per heavy atom. The summed E-state index contributed by atoms with van der Waals surface area (Å²) in [5.41, 5.74) is 0.713. The van der Waals surface area contributed by atoms with E-state index in [1.54, 1.807) is 0 Å². The van der Waals surface area contributed by atoms with Crippen molar-refractivity contribution in [3.05, 3.63) is 59.9 Å². The summed E-state index contributed by atoms with van der Waals surface area (Å²) in [5.74, 6) is 0.741. The Labute approximate surface area is 153 Å². The molecule has 1 aliphatic heterocycles. The molecule has 4 nitrogen and oxygen atoms in total. The third kappa shape index (κ3) is 3.98. The van der Waals surface area contributed by atoms with Crippen LogP contribution in [0.3, 0.4) is 0 Å². The molecule has 0 bridgehead atoms. The van der Waals surface area contributed by atoms with E-state index in [4.69, 9.17) is 9.47 Å². The van der Waals surface area contributed by atoms with Gasteiger partial charge in [0, 0.05) is 12.0 Å². The van der Waals surface area contributed by atoms with Gasteiger partial charge in [0.15, 0.2) is 6.61 Å². The first kappa shape index (κ1) is 18.2. The zero-order chi connectivity index (χ0) is 18.6. The molecule has 0 unspecified atom stereocenters. The molecule has 0 aliphatic carbocycles. The summed E-state index contributed by atoms with van der Waals surface area (Å²) in [6.45, 7) is 4.10. The molecular weight excluding hydrogens is 333 g/mol. The average Bonchev–Trinajstić information content (AvgIpc) is 2.67. The largest absolute Gasteiger partial charge is 0.487 e. The molecule has 0 aromatic heterocycles. The molecule has 1 heterocycles. The van der Waals surface area contributed by atoms with Gasteiger partial charge >= 0.3 is 0 Å². The zero-order valence-corrected chi connectivity index (χ0v) is 15.1. The molecule has 138 valence electrons. The number of benzene rings is 2. The Balaban J connectivity index is 1.69. The highest BCUT2D eigenvalue weighted by Crippen LogP contribution is 2.42. The number of hydrogen-bond donors (Lipinski definition) is 1. The molecule has 1 N–H and O–H groups in total. The Bertz CT molecular complexity index is 756. The summed E-state index contributed by atoms with van der Waals surface area (Å²) in [6, 6.07) is 13.3. The van der Waals surface area contributed by atoms with Gasteiger partial charge in [0.05, 0.1) is 6.04 Å². The molecule has 0 fully saturated rings. The fourth-order valence-corrected chi connectivity index (χ4v) is 3.35. The summed E-state index contributed by atoms with van der Waals surface area (Å²) in [6.07, 6.45) is 2.46. The molecule has 0 saturated carbocycles. The third-order valence-electron chi connectivity index (χ3n) is 5.00. The van der Waals surface area contributed by atoms with Crippen molar-refractivity contribution in [2.75, 3.05) is 6.61 Å². The smallest absolute Gasteiger partial charge is 0.258 e. The lowest BCUT2D eigenvalue weighted by atomic mass is 9.83. The molecule has 1 amide bonds. The summed E-state index contributed by atoms with van der Waals surface area (Å²) in [4.78, 5) is 12.4. The average molecular weight is 357 g/mol. The summed E-state index contributed by atoms with van der Waals surface area (Å²) in [7, 11) is 0. The third-order valence-corrected chi connectivity index (χ3v) is 5.00. The van der Waals surface area contributed by atoms with E-state index in [0.29, 0.717) is 5.75 Å². The van der Waals surface area contributed by atoms with E-state index in [1.807, 2.05) is 24.3 Å². The van der Waals surface area contributed by atoms with Crippen molar-refractivity contribution in [2.45, 2.75) is 44.8 Å². The van der Waals surface area contributed by atoms with Gasteiger partial charge in [-0.25, -0.2) is 4.39 Å². The van der Waals surface area contributed by atoms with Gasteiger partial charge in [0.1, 0.15) is 22.9 Å². The summed E-state index contributed by atoms with van der Waals surface area (Å²) < 4.78 is 24.6. The number of para-hydroxylation sites is 1. The highest BCUT2D eigenvalue weighted by Gasteiger charge is 2.38. The highest BCUT2D eigenvalue weighted by atomic mass is 19.1. The van der Waals surface area contributed by atoms with Crippen LogP contribution in [0.4, 0.5) is 4.39 Å². The minimum absolute atomic E-state index is 0.115. The minimum atomic E-state index is -0.337. The molecule has 1 aliphatic rings. The van der Waals surface area contributed by atoms with Crippen LogP contribution in [-0.4, -0.2) is 18.1 Å².